The maximum absolute atomic E-state index is 5.73. The number of aryl methyl sites for hydroxylation is 1. The van der Waals surface area contributed by atoms with E-state index < -0.39 is 0 Å². The number of rotatable bonds is 3. The topological polar surface area (TPSA) is 55.0 Å². The Labute approximate surface area is 96.9 Å². The molecule has 4 nitrogen and oxygen atoms in total. The molecule has 1 fully saturated rings. The quantitative estimate of drug-likeness (QED) is 0.832. The summed E-state index contributed by atoms with van der Waals surface area (Å²) < 4.78 is 0. The second kappa shape index (κ2) is 4.78. The molecular formula is C12H20N4. The zero-order valence-corrected chi connectivity index (χ0v) is 10.1. The molecule has 1 aromatic rings. The van der Waals surface area contributed by atoms with Gasteiger partial charge in [-0.15, -0.1) is 0 Å². The minimum Gasteiger partial charge on any atom is -0.353 e. The van der Waals surface area contributed by atoms with E-state index in [0.29, 0.717) is 12.0 Å². The molecule has 2 unspecified atom stereocenters. The molecule has 88 valence electrons. The van der Waals surface area contributed by atoms with Gasteiger partial charge < -0.3 is 10.6 Å². The molecule has 1 aromatic heterocycles. The summed E-state index contributed by atoms with van der Waals surface area (Å²) in [6.45, 7) is 6.15. The summed E-state index contributed by atoms with van der Waals surface area (Å²) in [5.74, 6) is 1.66. The maximum atomic E-state index is 5.73. The van der Waals surface area contributed by atoms with Crippen LogP contribution in [0.4, 0.5) is 5.82 Å². The van der Waals surface area contributed by atoms with Crippen LogP contribution in [-0.4, -0.2) is 29.1 Å². The standard InChI is InChI=1S/C12H20N4/c1-3-11-5-12(15-8-14-11)16-7-10(6-13)4-9(16)2/h5,8-10H,3-4,6-7,13H2,1-2H3. The first-order chi connectivity index (χ1) is 7.74. The van der Waals surface area contributed by atoms with Gasteiger partial charge in [0.1, 0.15) is 12.1 Å². The van der Waals surface area contributed by atoms with Gasteiger partial charge in [-0.1, -0.05) is 6.92 Å². The van der Waals surface area contributed by atoms with Crippen molar-refractivity contribution in [1.82, 2.24) is 9.97 Å². The highest BCUT2D eigenvalue weighted by molar-refractivity contribution is 5.41. The van der Waals surface area contributed by atoms with Gasteiger partial charge in [0.2, 0.25) is 0 Å². The molecule has 0 aliphatic carbocycles. The van der Waals surface area contributed by atoms with E-state index in [1.807, 2.05) is 0 Å². The monoisotopic (exact) mass is 220 g/mol. The summed E-state index contributed by atoms with van der Waals surface area (Å²) in [6.07, 6.45) is 3.79. The lowest BCUT2D eigenvalue weighted by molar-refractivity contribution is 0.579. The summed E-state index contributed by atoms with van der Waals surface area (Å²) >= 11 is 0. The smallest absolute Gasteiger partial charge is 0.132 e. The Morgan fingerprint density at radius 1 is 1.50 bits per heavy atom. The van der Waals surface area contributed by atoms with Crippen molar-refractivity contribution in [2.75, 3.05) is 18.0 Å². The van der Waals surface area contributed by atoms with Crippen LogP contribution in [0.2, 0.25) is 0 Å². The molecule has 0 bridgehead atoms. The molecule has 2 atom stereocenters. The van der Waals surface area contributed by atoms with Gasteiger partial charge in [-0.05, 0) is 32.2 Å². The molecule has 0 radical (unpaired) electrons. The van der Waals surface area contributed by atoms with Gasteiger partial charge in [0, 0.05) is 24.3 Å². The zero-order chi connectivity index (χ0) is 11.5. The Morgan fingerprint density at radius 2 is 2.31 bits per heavy atom. The van der Waals surface area contributed by atoms with Crippen LogP contribution in [0, 0.1) is 5.92 Å². The van der Waals surface area contributed by atoms with Crippen LogP contribution in [0.1, 0.15) is 26.0 Å². The molecule has 1 aliphatic rings. The van der Waals surface area contributed by atoms with Gasteiger partial charge in [-0.25, -0.2) is 9.97 Å². The Hall–Kier alpha value is -1.16. The van der Waals surface area contributed by atoms with Crippen LogP contribution >= 0.6 is 0 Å². The van der Waals surface area contributed by atoms with Crippen molar-refractivity contribution in [3.05, 3.63) is 18.1 Å². The van der Waals surface area contributed by atoms with Crippen LogP contribution in [-0.2, 0) is 6.42 Å². The third kappa shape index (κ3) is 2.16. The Balaban J connectivity index is 2.17. The van der Waals surface area contributed by atoms with Gasteiger partial charge >= 0.3 is 0 Å². The molecule has 4 heteroatoms. The highest BCUT2D eigenvalue weighted by Crippen LogP contribution is 2.27. The first-order valence-corrected chi connectivity index (χ1v) is 6.02. The zero-order valence-electron chi connectivity index (χ0n) is 10.1. The highest BCUT2D eigenvalue weighted by atomic mass is 15.2. The largest absolute Gasteiger partial charge is 0.353 e. The number of nitrogens with two attached hydrogens (primary N) is 1. The second-order valence-electron chi connectivity index (χ2n) is 4.56. The molecule has 0 amide bonds. The lowest BCUT2D eigenvalue weighted by atomic mass is 10.1. The fraction of sp³-hybridized carbons (Fsp3) is 0.667. The molecule has 0 spiro atoms. The number of aromatic nitrogens is 2. The van der Waals surface area contributed by atoms with Crippen LogP contribution < -0.4 is 10.6 Å². The summed E-state index contributed by atoms with van der Waals surface area (Å²) in [5.41, 5.74) is 6.84. The van der Waals surface area contributed by atoms with Crippen molar-refractivity contribution in [3.63, 3.8) is 0 Å². The molecule has 0 aromatic carbocycles. The summed E-state index contributed by atoms with van der Waals surface area (Å²) in [7, 11) is 0. The second-order valence-corrected chi connectivity index (χ2v) is 4.56. The third-order valence-corrected chi connectivity index (χ3v) is 3.36. The van der Waals surface area contributed by atoms with Gasteiger partial charge in [-0.2, -0.15) is 0 Å². The van der Waals surface area contributed by atoms with Gasteiger partial charge in [0.05, 0.1) is 0 Å². The van der Waals surface area contributed by atoms with E-state index >= 15 is 0 Å². The van der Waals surface area contributed by atoms with E-state index in [0.717, 1.165) is 31.0 Å². The number of nitrogens with zero attached hydrogens (tertiary/aromatic N) is 3. The van der Waals surface area contributed by atoms with E-state index in [4.69, 9.17) is 5.73 Å². The van der Waals surface area contributed by atoms with E-state index in [1.165, 1.54) is 6.42 Å². The SMILES string of the molecule is CCc1cc(N2CC(CN)CC2C)ncn1. The Morgan fingerprint density at radius 3 is 2.94 bits per heavy atom. The molecule has 2 rings (SSSR count). The van der Waals surface area contributed by atoms with Crippen molar-refractivity contribution in [2.24, 2.45) is 11.7 Å². The molecule has 0 saturated carbocycles. The minimum absolute atomic E-state index is 0.535. The highest BCUT2D eigenvalue weighted by Gasteiger charge is 2.28. The molecule has 16 heavy (non-hydrogen) atoms. The fourth-order valence-corrected chi connectivity index (χ4v) is 2.37. The lowest BCUT2D eigenvalue weighted by Gasteiger charge is -2.22. The third-order valence-electron chi connectivity index (χ3n) is 3.36. The lowest BCUT2D eigenvalue weighted by Crippen LogP contribution is -2.28. The Bertz CT molecular complexity index is 353. The molecule has 2 heterocycles. The normalized spacial score (nSPS) is 25.1. The van der Waals surface area contributed by atoms with Gasteiger partial charge in [0.25, 0.3) is 0 Å². The number of anilines is 1. The van der Waals surface area contributed by atoms with Crippen molar-refractivity contribution in [1.29, 1.82) is 0 Å². The van der Waals surface area contributed by atoms with Crippen LogP contribution in [0.25, 0.3) is 0 Å². The summed E-state index contributed by atoms with van der Waals surface area (Å²) in [6, 6.07) is 2.63. The molecule has 2 N–H and O–H groups in total. The van der Waals surface area contributed by atoms with Crippen molar-refractivity contribution in [3.8, 4) is 0 Å². The van der Waals surface area contributed by atoms with E-state index in [9.17, 15) is 0 Å². The number of hydrogen-bond donors (Lipinski definition) is 1. The summed E-state index contributed by atoms with van der Waals surface area (Å²) in [4.78, 5) is 10.9. The Kier molecular flexibility index (Phi) is 3.39. The summed E-state index contributed by atoms with van der Waals surface area (Å²) in [5, 5.41) is 0. The van der Waals surface area contributed by atoms with Crippen molar-refractivity contribution < 1.29 is 0 Å². The van der Waals surface area contributed by atoms with E-state index in [1.54, 1.807) is 6.33 Å². The maximum Gasteiger partial charge on any atom is 0.132 e. The minimum atomic E-state index is 0.535. The van der Waals surface area contributed by atoms with Gasteiger partial charge in [0.15, 0.2) is 0 Å². The molecule has 1 saturated heterocycles. The van der Waals surface area contributed by atoms with E-state index in [-0.39, 0.29) is 0 Å². The van der Waals surface area contributed by atoms with Crippen LogP contribution in [0.5, 0.6) is 0 Å². The first kappa shape index (κ1) is 11.3. The fourth-order valence-electron chi connectivity index (χ4n) is 2.37. The van der Waals surface area contributed by atoms with Crippen LogP contribution in [0.3, 0.4) is 0 Å². The number of hydrogen-bond acceptors (Lipinski definition) is 4. The first-order valence-electron chi connectivity index (χ1n) is 6.02. The van der Waals surface area contributed by atoms with E-state index in [2.05, 4.69) is 34.8 Å². The average Bonchev–Trinajstić information content (AvgIpc) is 2.71. The average molecular weight is 220 g/mol. The predicted molar refractivity (Wildman–Crippen MR) is 65.4 cm³/mol. The van der Waals surface area contributed by atoms with Crippen molar-refractivity contribution in [2.45, 2.75) is 32.7 Å². The molecule has 1 aliphatic heterocycles. The van der Waals surface area contributed by atoms with Crippen LogP contribution in [0.15, 0.2) is 12.4 Å². The predicted octanol–water partition coefficient (Wildman–Crippen LogP) is 1.21. The molecular weight excluding hydrogens is 200 g/mol. The van der Waals surface area contributed by atoms with Crippen molar-refractivity contribution >= 4 is 5.82 Å². The van der Waals surface area contributed by atoms with Gasteiger partial charge in [-0.3, -0.25) is 0 Å².